The maximum Gasteiger partial charge on any atom is 0.407 e. The standard InChI is InChI=1S/C28H34N2O5/c1-17(2)14-24(26(32)33)29-25(31)15-28(3,18-12-13-18)30-27(34)35-16-23-21-10-6-4-8-19(21)20-9-5-7-11-22(20)23/h4-11,17-18,23-24H,12-16H2,1-3H3,(H,29,31)(H,30,34)(H,32,33)/t24-,28?/m1/s1. The van der Waals surface area contributed by atoms with E-state index >= 15 is 0 Å². The Bertz CT molecular complexity index is 1060. The summed E-state index contributed by atoms with van der Waals surface area (Å²) in [5.74, 6) is -1.20. The van der Waals surface area contributed by atoms with Gasteiger partial charge in [-0.2, -0.15) is 0 Å². The van der Waals surface area contributed by atoms with Gasteiger partial charge >= 0.3 is 12.1 Å². The summed E-state index contributed by atoms with van der Waals surface area (Å²) in [6.45, 7) is 5.86. The molecule has 2 amide bonds. The van der Waals surface area contributed by atoms with Gasteiger partial charge in [-0.1, -0.05) is 62.4 Å². The van der Waals surface area contributed by atoms with Crippen molar-refractivity contribution in [3.63, 3.8) is 0 Å². The summed E-state index contributed by atoms with van der Waals surface area (Å²) in [5.41, 5.74) is 3.79. The molecule has 0 saturated heterocycles. The molecule has 1 saturated carbocycles. The van der Waals surface area contributed by atoms with Crippen LogP contribution >= 0.6 is 0 Å². The molecule has 2 aliphatic rings. The fraction of sp³-hybridized carbons (Fsp3) is 0.464. The predicted octanol–water partition coefficient (Wildman–Crippen LogP) is 4.70. The SMILES string of the molecule is CC(C)C[C@@H](NC(=O)CC(C)(NC(=O)OCC1c2ccccc2-c2ccccc21)C1CC1)C(=O)O. The number of alkyl carbamates (subject to hydrolysis) is 1. The molecule has 7 nitrogen and oxygen atoms in total. The van der Waals surface area contributed by atoms with E-state index in [1.165, 1.54) is 0 Å². The Labute approximate surface area is 206 Å². The quantitative estimate of drug-likeness (QED) is 0.459. The minimum absolute atomic E-state index is 0.00371. The van der Waals surface area contributed by atoms with Gasteiger partial charge in [0.25, 0.3) is 0 Å². The Morgan fingerprint density at radius 2 is 1.60 bits per heavy atom. The summed E-state index contributed by atoms with van der Waals surface area (Å²) >= 11 is 0. The summed E-state index contributed by atoms with van der Waals surface area (Å²) in [6, 6.07) is 15.4. The van der Waals surface area contributed by atoms with Crippen molar-refractivity contribution in [1.29, 1.82) is 0 Å². The second kappa shape index (κ2) is 10.1. The highest BCUT2D eigenvalue weighted by Gasteiger charge is 2.45. The first-order chi connectivity index (χ1) is 16.7. The van der Waals surface area contributed by atoms with E-state index in [1.54, 1.807) is 0 Å². The Kier molecular flexibility index (Phi) is 7.15. The first-order valence-electron chi connectivity index (χ1n) is 12.3. The van der Waals surface area contributed by atoms with Crippen LogP contribution in [0.2, 0.25) is 0 Å². The number of hydrogen-bond acceptors (Lipinski definition) is 4. The monoisotopic (exact) mass is 478 g/mol. The molecular formula is C28H34N2O5. The van der Waals surface area contributed by atoms with Gasteiger partial charge in [0, 0.05) is 12.3 Å². The predicted molar refractivity (Wildman–Crippen MR) is 133 cm³/mol. The number of amides is 2. The van der Waals surface area contributed by atoms with E-state index in [0.29, 0.717) is 6.42 Å². The van der Waals surface area contributed by atoms with Crippen LogP contribution in [0.5, 0.6) is 0 Å². The summed E-state index contributed by atoms with van der Waals surface area (Å²) < 4.78 is 5.69. The third kappa shape index (κ3) is 5.66. The number of hydrogen-bond donors (Lipinski definition) is 3. The molecule has 35 heavy (non-hydrogen) atoms. The third-order valence-corrected chi connectivity index (χ3v) is 7.08. The molecule has 2 aliphatic carbocycles. The maximum absolute atomic E-state index is 12.9. The zero-order chi connectivity index (χ0) is 25.2. The van der Waals surface area contributed by atoms with Crippen LogP contribution < -0.4 is 10.6 Å². The van der Waals surface area contributed by atoms with Crippen molar-refractivity contribution in [2.75, 3.05) is 6.61 Å². The number of carboxylic acids is 1. The Morgan fingerprint density at radius 1 is 1.03 bits per heavy atom. The molecule has 186 valence electrons. The van der Waals surface area contributed by atoms with Crippen LogP contribution in [0, 0.1) is 11.8 Å². The lowest BCUT2D eigenvalue weighted by molar-refractivity contribution is -0.142. The molecule has 0 bridgehead atoms. The van der Waals surface area contributed by atoms with Gasteiger partial charge in [0.2, 0.25) is 5.91 Å². The largest absolute Gasteiger partial charge is 0.480 e. The second-order valence-corrected chi connectivity index (χ2v) is 10.4. The highest BCUT2D eigenvalue weighted by Crippen LogP contribution is 2.45. The first-order valence-corrected chi connectivity index (χ1v) is 12.3. The van der Waals surface area contributed by atoms with Gasteiger partial charge in [-0.05, 0) is 60.3 Å². The van der Waals surface area contributed by atoms with Gasteiger partial charge in [-0.15, -0.1) is 0 Å². The van der Waals surface area contributed by atoms with E-state index in [4.69, 9.17) is 4.74 Å². The topological polar surface area (TPSA) is 105 Å². The molecular weight excluding hydrogens is 444 g/mol. The molecule has 1 fully saturated rings. The molecule has 2 aromatic rings. The fourth-order valence-corrected chi connectivity index (χ4v) is 5.15. The van der Waals surface area contributed by atoms with Gasteiger partial charge in [0.1, 0.15) is 12.6 Å². The summed E-state index contributed by atoms with van der Waals surface area (Å²) in [5, 5.41) is 15.0. The first kappa shape index (κ1) is 24.8. The van der Waals surface area contributed by atoms with Crippen LogP contribution in [0.25, 0.3) is 11.1 Å². The highest BCUT2D eigenvalue weighted by atomic mass is 16.5. The zero-order valence-corrected chi connectivity index (χ0v) is 20.5. The lowest BCUT2D eigenvalue weighted by Gasteiger charge is -2.31. The number of carbonyl (C=O) groups is 3. The van der Waals surface area contributed by atoms with Crippen molar-refractivity contribution >= 4 is 18.0 Å². The summed E-state index contributed by atoms with van der Waals surface area (Å²) in [7, 11) is 0. The van der Waals surface area contributed by atoms with E-state index in [1.807, 2.05) is 45.0 Å². The minimum Gasteiger partial charge on any atom is -0.480 e. The van der Waals surface area contributed by atoms with Crippen LogP contribution in [0.1, 0.15) is 63.5 Å². The van der Waals surface area contributed by atoms with Gasteiger partial charge in [-0.3, -0.25) is 4.79 Å². The maximum atomic E-state index is 12.9. The van der Waals surface area contributed by atoms with Crippen LogP contribution in [0.4, 0.5) is 4.79 Å². The molecule has 2 atom stereocenters. The number of fused-ring (bicyclic) bond motifs is 3. The van der Waals surface area contributed by atoms with Gasteiger partial charge in [0.05, 0.1) is 5.54 Å². The lowest BCUT2D eigenvalue weighted by atomic mass is 9.91. The molecule has 0 heterocycles. The van der Waals surface area contributed by atoms with Crippen molar-refractivity contribution in [3.05, 3.63) is 59.7 Å². The molecule has 0 aliphatic heterocycles. The Morgan fingerprint density at radius 3 is 2.11 bits per heavy atom. The lowest BCUT2D eigenvalue weighted by Crippen LogP contribution is -2.52. The van der Waals surface area contributed by atoms with Crippen molar-refractivity contribution in [1.82, 2.24) is 10.6 Å². The number of benzene rings is 2. The number of ether oxygens (including phenoxy) is 1. The smallest absolute Gasteiger partial charge is 0.407 e. The van der Waals surface area contributed by atoms with E-state index < -0.39 is 23.6 Å². The number of carboxylic acid groups (broad SMARTS) is 1. The number of rotatable bonds is 10. The van der Waals surface area contributed by atoms with E-state index in [0.717, 1.165) is 35.1 Å². The molecule has 3 N–H and O–H groups in total. The summed E-state index contributed by atoms with van der Waals surface area (Å²) in [6.07, 6.45) is 1.60. The Balaban J connectivity index is 1.39. The highest BCUT2D eigenvalue weighted by molar-refractivity contribution is 5.85. The molecule has 4 rings (SSSR count). The van der Waals surface area contributed by atoms with Crippen LogP contribution in [-0.2, 0) is 14.3 Å². The van der Waals surface area contributed by atoms with Gasteiger partial charge in [0.15, 0.2) is 0 Å². The molecule has 7 heteroatoms. The molecule has 0 aromatic heterocycles. The molecule has 0 radical (unpaired) electrons. The van der Waals surface area contributed by atoms with E-state index in [9.17, 15) is 19.5 Å². The fourth-order valence-electron chi connectivity index (χ4n) is 5.15. The van der Waals surface area contributed by atoms with Gasteiger partial charge in [-0.25, -0.2) is 9.59 Å². The van der Waals surface area contributed by atoms with Crippen LogP contribution in [0.15, 0.2) is 48.5 Å². The summed E-state index contributed by atoms with van der Waals surface area (Å²) in [4.78, 5) is 37.2. The molecule has 1 unspecified atom stereocenters. The Hall–Kier alpha value is -3.35. The third-order valence-electron chi connectivity index (χ3n) is 7.08. The average molecular weight is 479 g/mol. The van der Waals surface area contributed by atoms with Crippen molar-refractivity contribution in [2.45, 2.75) is 64.0 Å². The molecule has 0 spiro atoms. The normalized spacial score (nSPS) is 17.1. The van der Waals surface area contributed by atoms with E-state index in [2.05, 4.69) is 34.9 Å². The van der Waals surface area contributed by atoms with Crippen molar-refractivity contribution < 1.29 is 24.2 Å². The van der Waals surface area contributed by atoms with Crippen LogP contribution in [0.3, 0.4) is 0 Å². The number of carbonyl (C=O) groups excluding carboxylic acids is 2. The van der Waals surface area contributed by atoms with E-state index in [-0.39, 0.29) is 36.7 Å². The second-order valence-electron chi connectivity index (χ2n) is 10.4. The average Bonchev–Trinajstić information content (AvgIpc) is 3.61. The minimum atomic E-state index is -1.05. The zero-order valence-electron chi connectivity index (χ0n) is 20.5. The van der Waals surface area contributed by atoms with Crippen molar-refractivity contribution in [2.24, 2.45) is 11.8 Å². The number of nitrogens with one attached hydrogen (secondary N) is 2. The van der Waals surface area contributed by atoms with Crippen LogP contribution in [-0.4, -0.2) is 41.3 Å². The molecule has 2 aromatic carbocycles. The van der Waals surface area contributed by atoms with Crippen molar-refractivity contribution in [3.8, 4) is 11.1 Å². The van der Waals surface area contributed by atoms with Gasteiger partial charge < -0.3 is 20.5 Å². The number of aliphatic carboxylic acids is 1.